The fourth-order valence-corrected chi connectivity index (χ4v) is 1.98. The summed E-state index contributed by atoms with van der Waals surface area (Å²) in [6, 6.07) is 6.06. The first-order valence-corrected chi connectivity index (χ1v) is 6.68. The van der Waals surface area contributed by atoms with E-state index < -0.39 is 5.97 Å². The van der Waals surface area contributed by atoms with Crippen molar-refractivity contribution in [2.45, 2.75) is 19.3 Å². The summed E-state index contributed by atoms with van der Waals surface area (Å²) in [6.45, 7) is 1.94. The molecule has 21 heavy (non-hydrogen) atoms. The number of carboxylic acids is 1. The van der Waals surface area contributed by atoms with Gasteiger partial charge < -0.3 is 14.7 Å². The Kier molecular flexibility index (Phi) is 6.81. The molecule has 0 radical (unpaired) electrons. The van der Waals surface area contributed by atoms with Gasteiger partial charge in [0, 0.05) is 20.1 Å². The molecule has 1 rings (SSSR count). The minimum absolute atomic E-state index is 0.125. The normalized spacial score (nSPS) is 12.0. The minimum Gasteiger partial charge on any atom is -0.480 e. The highest BCUT2D eigenvalue weighted by atomic mass is 19.1. The summed E-state index contributed by atoms with van der Waals surface area (Å²) in [4.78, 5) is 24.2. The summed E-state index contributed by atoms with van der Waals surface area (Å²) >= 11 is 0. The van der Waals surface area contributed by atoms with Crippen LogP contribution < -0.4 is 0 Å². The Labute approximate surface area is 123 Å². The first-order chi connectivity index (χ1) is 9.93. The van der Waals surface area contributed by atoms with Crippen LogP contribution in [0.25, 0.3) is 0 Å². The van der Waals surface area contributed by atoms with Crippen LogP contribution in [-0.4, -0.2) is 48.7 Å². The fraction of sp³-hybridized carbons (Fsp3) is 0.467. The van der Waals surface area contributed by atoms with Gasteiger partial charge in [0.15, 0.2) is 0 Å². The Bertz CT molecular complexity index is 492. The van der Waals surface area contributed by atoms with Gasteiger partial charge >= 0.3 is 5.97 Å². The Morgan fingerprint density at radius 3 is 2.71 bits per heavy atom. The molecule has 0 aliphatic rings. The largest absolute Gasteiger partial charge is 0.480 e. The lowest BCUT2D eigenvalue weighted by atomic mass is 9.97. The molecular weight excluding hydrogens is 277 g/mol. The highest BCUT2D eigenvalue weighted by Gasteiger charge is 2.19. The molecule has 0 aromatic heterocycles. The molecule has 0 aliphatic carbocycles. The van der Waals surface area contributed by atoms with E-state index in [4.69, 9.17) is 9.84 Å². The van der Waals surface area contributed by atoms with Crippen LogP contribution in [0, 0.1) is 5.82 Å². The third-order valence-electron chi connectivity index (χ3n) is 3.14. The maximum atomic E-state index is 13.2. The second kappa shape index (κ2) is 8.36. The van der Waals surface area contributed by atoms with Crippen molar-refractivity contribution in [1.29, 1.82) is 0 Å². The monoisotopic (exact) mass is 297 g/mol. The lowest BCUT2D eigenvalue weighted by molar-refractivity contribution is -0.145. The molecule has 1 atom stereocenters. The minimum atomic E-state index is -1.07. The molecule has 0 aliphatic heterocycles. The molecule has 1 unspecified atom stereocenters. The van der Waals surface area contributed by atoms with Gasteiger partial charge in [-0.2, -0.15) is 0 Å². The number of hydrogen-bond acceptors (Lipinski definition) is 3. The molecule has 0 saturated heterocycles. The van der Waals surface area contributed by atoms with E-state index in [9.17, 15) is 14.0 Å². The quantitative estimate of drug-likeness (QED) is 0.795. The van der Waals surface area contributed by atoms with E-state index in [1.807, 2.05) is 6.92 Å². The van der Waals surface area contributed by atoms with Crippen molar-refractivity contribution in [3.63, 3.8) is 0 Å². The second-order valence-corrected chi connectivity index (χ2v) is 4.86. The molecule has 1 amide bonds. The third kappa shape index (κ3) is 5.91. The Morgan fingerprint density at radius 1 is 1.43 bits per heavy atom. The third-order valence-corrected chi connectivity index (χ3v) is 3.14. The molecule has 0 heterocycles. The number of methoxy groups -OCH3 is 1. The maximum Gasteiger partial charge on any atom is 0.323 e. The SMILES string of the molecule is COCCN(CC(=O)O)C(=O)CC(C)c1cccc(F)c1. The van der Waals surface area contributed by atoms with Crippen LogP contribution in [0.1, 0.15) is 24.8 Å². The number of benzene rings is 1. The van der Waals surface area contributed by atoms with Crippen LogP contribution in [0.15, 0.2) is 24.3 Å². The van der Waals surface area contributed by atoms with Crippen LogP contribution in [0.3, 0.4) is 0 Å². The summed E-state index contributed by atoms with van der Waals surface area (Å²) in [5, 5.41) is 8.84. The molecule has 0 saturated carbocycles. The summed E-state index contributed by atoms with van der Waals surface area (Å²) in [7, 11) is 1.48. The van der Waals surface area contributed by atoms with Crippen LogP contribution >= 0.6 is 0 Å². The molecule has 0 fully saturated rings. The average Bonchev–Trinajstić information content (AvgIpc) is 2.42. The van der Waals surface area contributed by atoms with Gasteiger partial charge in [0.05, 0.1) is 6.61 Å². The van der Waals surface area contributed by atoms with E-state index in [-0.39, 0.29) is 43.8 Å². The molecular formula is C15H20FNO4. The Balaban J connectivity index is 2.68. The lowest BCUT2D eigenvalue weighted by Crippen LogP contribution is -2.38. The summed E-state index contributed by atoms with van der Waals surface area (Å²) in [5.74, 6) is -1.90. The smallest absolute Gasteiger partial charge is 0.323 e. The van der Waals surface area contributed by atoms with Gasteiger partial charge in [-0.15, -0.1) is 0 Å². The Hall–Kier alpha value is -1.95. The number of ether oxygens (including phenoxy) is 1. The van der Waals surface area contributed by atoms with Gasteiger partial charge in [-0.3, -0.25) is 9.59 Å². The van der Waals surface area contributed by atoms with Crippen LogP contribution in [-0.2, 0) is 14.3 Å². The van der Waals surface area contributed by atoms with Gasteiger partial charge in [0.25, 0.3) is 0 Å². The number of hydrogen-bond donors (Lipinski definition) is 1. The predicted molar refractivity (Wildman–Crippen MR) is 75.5 cm³/mol. The van der Waals surface area contributed by atoms with Gasteiger partial charge in [-0.05, 0) is 23.6 Å². The van der Waals surface area contributed by atoms with E-state index in [0.717, 1.165) is 0 Å². The molecule has 1 aromatic rings. The molecule has 0 bridgehead atoms. The summed E-state index contributed by atoms with van der Waals surface area (Å²) in [5.41, 5.74) is 0.713. The first-order valence-electron chi connectivity index (χ1n) is 6.68. The Morgan fingerprint density at radius 2 is 2.14 bits per heavy atom. The van der Waals surface area contributed by atoms with Gasteiger partial charge in [0.2, 0.25) is 5.91 Å². The highest BCUT2D eigenvalue weighted by Crippen LogP contribution is 2.20. The average molecular weight is 297 g/mol. The second-order valence-electron chi connectivity index (χ2n) is 4.86. The fourth-order valence-electron chi connectivity index (χ4n) is 1.98. The molecule has 116 valence electrons. The van der Waals surface area contributed by atoms with Crippen molar-refractivity contribution in [3.05, 3.63) is 35.6 Å². The molecule has 6 heteroatoms. The lowest BCUT2D eigenvalue weighted by Gasteiger charge is -2.22. The van der Waals surface area contributed by atoms with Crippen molar-refractivity contribution in [1.82, 2.24) is 4.90 Å². The molecule has 5 nitrogen and oxygen atoms in total. The van der Waals surface area contributed by atoms with E-state index in [0.29, 0.717) is 5.56 Å². The zero-order chi connectivity index (χ0) is 15.8. The highest BCUT2D eigenvalue weighted by molar-refractivity contribution is 5.81. The van der Waals surface area contributed by atoms with Crippen LogP contribution in [0.4, 0.5) is 4.39 Å². The number of carbonyl (C=O) groups is 2. The van der Waals surface area contributed by atoms with Crippen molar-refractivity contribution in [3.8, 4) is 0 Å². The first kappa shape index (κ1) is 17.1. The van der Waals surface area contributed by atoms with Gasteiger partial charge in [0.1, 0.15) is 12.4 Å². The standard InChI is InChI=1S/C15H20FNO4/c1-11(12-4-3-5-13(16)9-12)8-14(18)17(6-7-21-2)10-15(19)20/h3-5,9,11H,6-8,10H2,1-2H3,(H,19,20). The number of halogens is 1. The van der Waals surface area contributed by atoms with E-state index in [2.05, 4.69) is 0 Å². The maximum absolute atomic E-state index is 13.2. The van der Waals surface area contributed by atoms with Gasteiger partial charge in [-0.25, -0.2) is 4.39 Å². The number of rotatable bonds is 8. The van der Waals surface area contributed by atoms with E-state index in [1.54, 1.807) is 12.1 Å². The topological polar surface area (TPSA) is 66.8 Å². The van der Waals surface area contributed by atoms with Gasteiger partial charge in [-0.1, -0.05) is 19.1 Å². The van der Waals surface area contributed by atoms with Crippen LogP contribution in [0.5, 0.6) is 0 Å². The number of carbonyl (C=O) groups excluding carboxylic acids is 1. The number of nitrogens with zero attached hydrogens (tertiary/aromatic N) is 1. The van der Waals surface area contributed by atoms with Crippen LogP contribution in [0.2, 0.25) is 0 Å². The number of amides is 1. The molecule has 0 spiro atoms. The zero-order valence-electron chi connectivity index (χ0n) is 12.2. The van der Waals surface area contributed by atoms with E-state index in [1.165, 1.54) is 24.1 Å². The number of aliphatic carboxylic acids is 1. The number of carboxylic acid groups (broad SMARTS) is 1. The van der Waals surface area contributed by atoms with Crippen molar-refractivity contribution in [2.24, 2.45) is 0 Å². The molecule has 1 aromatic carbocycles. The predicted octanol–water partition coefficient (Wildman–Crippen LogP) is 1.88. The van der Waals surface area contributed by atoms with E-state index >= 15 is 0 Å². The summed E-state index contributed by atoms with van der Waals surface area (Å²) < 4.78 is 18.0. The molecule has 1 N–H and O–H groups in total. The zero-order valence-corrected chi connectivity index (χ0v) is 12.2. The summed E-state index contributed by atoms with van der Waals surface area (Å²) in [6.07, 6.45) is 0.125. The van der Waals surface area contributed by atoms with Crippen molar-refractivity contribution in [2.75, 3.05) is 26.8 Å². The van der Waals surface area contributed by atoms with Crippen molar-refractivity contribution < 1.29 is 23.8 Å². The van der Waals surface area contributed by atoms with Crippen molar-refractivity contribution >= 4 is 11.9 Å².